The molecule has 0 fully saturated rings. The number of aryl methyl sites for hydroxylation is 1. The third-order valence-electron chi connectivity index (χ3n) is 1.88. The molecule has 13 heavy (non-hydrogen) atoms. The van der Waals surface area contributed by atoms with Crippen LogP contribution in [-0.2, 0) is 6.54 Å². The molecule has 0 amide bonds. The lowest BCUT2D eigenvalue weighted by molar-refractivity contribution is 0.549. The zero-order chi connectivity index (χ0) is 9.84. The molecular formula is C9H16N2S2. The van der Waals surface area contributed by atoms with Gasteiger partial charge >= 0.3 is 0 Å². The molecule has 0 N–H and O–H groups in total. The Kier molecular flexibility index (Phi) is 4.19. The summed E-state index contributed by atoms with van der Waals surface area (Å²) in [6, 6.07) is 2.12. The minimum absolute atomic E-state index is 0.498. The second-order valence-corrected chi connectivity index (χ2v) is 4.53. The van der Waals surface area contributed by atoms with Crippen molar-refractivity contribution in [3.63, 3.8) is 0 Å². The molecule has 0 radical (unpaired) electrons. The van der Waals surface area contributed by atoms with Gasteiger partial charge in [0.15, 0.2) is 0 Å². The van der Waals surface area contributed by atoms with Crippen molar-refractivity contribution < 1.29 is 0 Å². The normalized spacial score (nSPS) is 11.2. The first-order valence-corrected chi connectivity index (χ1v) is 6.45. The molecule has 0 atom stereocenters. The summed E-state index contributed by atoms with van der Waals surface area (Å²) in [5.74, 6) is 0.498. The molecule has 0 aliphatic carbocycles. The predicted molar refractivity (Wildman–Crippen MR) is 61.5 cm³/mol. The van der Waals surface area contributed by atoms with E-state index in [2.05, 4.69) is 43.6 Å². The van der Waals surface area contributed by atoms with Crippen molar-refractivity contribution >= 4 is 22.5 Å². The van der Waals surface area contributed by atoms with Crippen molar-refractivity contribution in [1.82, 2.24) is 9.78 Å². The van der Waals surface area contributed by atoms with Crippen LogP contribution in [-0.4, -0.2) is 9.78 Å². The molecule has 0 spiro atoms. The van der Waals surface area contributed by atoms with Gasteiger partial charge in [0.2, 0.25) is 0 Å². The third kappa shape index (κ3) is 2.68. The molecule has 4 heteroatoms. The predicted octanol–water partition coefficient (Wildman–Crippen LogP) is 3.35. The molecule has 2 nitrogen and oxygen atoms in total. The third-order valence-corrected chi connectivity index (χ3v) is 2.96. The molecule has 1 aromatic rings. The maximum atomic E-state index is 4.52. The molecule has 0 saturated carbocycles. The van der Waals surface area contributed by atoms with E-state index in [1.54, 1.807) is 0 Å². The van der Waals surface area contributed by atoms with E-state index in [0.717, 1.165) is 23.7 Å². The first kappa shape index (κ1) is 11.0. The Balaban J connectivity index is 2.90. The summed E-state index contributed by atoms with van der Waals surface area (Å²) in [4.78, 5) is 0. The van der Waals surface area contributed by atoms with Gasteiger partial charge in [0, 0.05) is 6.54 Å². The lowest BCUT2D eigenvalue weighted by atomic mass is 10.1. The van der Waals surface area contributed by atoms with Gasteiger partial charge in [-0.25, -0.2) is 0 Å². The molecule has 1 aromatic heterocycles. The molecule has 0 aliphatic rings. The molecule has 0 unspecified atom stereocenters. The average molecular weight is 216 g/mol. The van der Waals surface area contributed by atoms with E-state index >= 15 is 0 Å². The van der Waals surface area contributed by atoms with Gasteiger partial charge in [0.1, 0.15) is 5.03 Å². The molecular weight excluding hydrogens is 200 g/mol. The van der Waals surface area contributed by atoms with Crippen LogP contribution in [0.3, 0.4) is 0 Å². The Morgan fingerprint density at radius 1 is 1.62 bits per heavy atom. The second kappa shape index (κ2) is 4.96. The number of rotatable bonds is 4. The number of thiol groups is 1. The second-order valence-electron chi connectivity index (χ2n) is 3.38. The van der Waals surface area contributed by atoms with Gasteiger partial charge in [-0.05, 0) is 29.2 Å². The summed E-state index contributed by atoms with van der Waals surface area (Å²) in [6.45, 7) is 7.45. The highest BCUT2D eigenvalue weighted by atomic mass is 33.1. The van der Waals surface area contributed by atoms with Gasteiger partial charge in [0.05, 0.1) is 5.69 Å². The van der Waals surface area contributed by atoms with Crippen molar-refractivity contribution in [2.45, 2.75) is 44.7 Å². The van der Waals surface area contributed by atoms with E-state index < -0.39 is 0 Å². The van der Waals surface area contributed by atoms with Gasteiger partial charge in [-0.15, -0.1) is 11.7 Å². The molecule has 0 saturated heterocycles. The molecule has 0 aliphatic heterocycles. The van der Waals surface area contributed by atoms with Gasteiger partial charge in [-0.2, -0.15) is 5.10 Å². The number of hydrogen-bond donors (Lipinski definition) is 1. The number of hydrogen-bond acceptors (Lipinski definition) is 3. The summed E-state index contributed by atoms with van der Waals surface area (Å²) in [6.07, 6.45) is 1.11. The smallest absolute Gasteiger partial charge is 0.105 e. The highest BCUT2D eigenvalue weighted by Crippen LogP contribution is 2.25. The highest BCUT2D eigenvalue weighted by Gasteiger charge is 2.08. The average Bonchev–Trinajstić information content (AvgIpc) is 2.48. The monoisotopic (exact) mass is 216 g/mol. The standard InChI is InChI=1S/C9H16N2S2/c1-4-5-11-9(13-12)6-8(10-11)7(2)3/h6-7,12H,4-5H2,1-3H3. The van der Waals surface area contributed by atoms with E-state index in [-0.39, 0.29) is 0 Å². The number of nitrogens with zero attached hydrogens (tertiary/aromatic N) is 2. The van der Waals surface area contributed by atoms with Crippen LogP contribution in [0.15, 0.2) is 11.1 Å². The van der Waals surface area contributed by atoms with Gasteiger partial charge in [-0.1, -0.05) is 20.8 Å². The molecule has 74 valence electrons. The molecule has 0 bridgehead atoms. The van der Waals surface area contributed by atoms with Gasteiger partial charge in [0.25, 0.3) is 0 Å². The Labute approximate surface area is 88.9 Å². The van der Waals surface area contributed by atoms with Crippen LogP contribution in [0.5, 0.6) is 0 Å². The maximum Gasteiger partial charge on any atom is 0.105 e. The first-order valence-electron chi connectivity index (χ1n) is 4.58. The largest absolute Gasteiger partial charge is 0.258 e. The van der Waals surface area contributed by atoms with Crippen LogP contribution in [0.25, 0.3) is 0 Å². The fourth-order valence-corrected chi connectivity index (χ4v) is 1.99. The minimum Gasteiger partial charge on any atom is -0.258 e. The summed E-state index contributed by atoms with van der Waals surface area (Å²) < 4.78 is 2.03. The number of aromatic nitrogens is 2. The van der Waals surface area contributed by atoms with Crippen molar-refractivity contribution in [2.75, 3.05) is 0 Å². The summed E-state index contributed by atoms with van der Waals surface area (Å²) in [5, 5.41) is 5.66. The summed E-state index contributed by atoms with van der Waals surface area (Å²) in [5.41, 5.74) is 1.16. The SMILES string of the molecule is CCCn1nc(C(C)C)cc1SS. The Bertz CT molecular complexity index is 269. The van der Waals surface area contributed by atoms with Crippen LogP contribution < -0.4 is 0 Å². The van der Waals surface area contributed by atoms with E-state index in [0.29, 0.717) is 5.92 Å². The van der Waals surface area contributed by atoms with Crippen LogP contribution in [0.2, 0.25) is 0 Å². The quantitative estimate of drug-likeness (QED) is 0.614. The molecule has 0 aromatic carbocycles. The van der Waals surface area contributed by atoms with E-state index in [1.807, 2.05) is 4.68 Å². The lowest BCUT2D eigenvalue weighted by Gasteiger charge is -2.01. The van der Waals surface area contributed by atoms with Crippen LogP contribution in [0.4, 0.5) is 0 Å². The Hall–Kier alpha value is -0.0900. The van der Waals surface area contributed by atoms with Crippen LogP contribution in [0.1, 0.15) is 38.8 Å². The lowest BCUT2D eigenvalue weighted by Crippen LogP contribution is -2.01. The first-order chi connectivity index (χ1) is 6.19. The van der Waals surface area contributed by atoms with E-state index in [1.165, 1.54) is 10.8 Å². The topological polar surface area (TPSA) is 17.8 Å². The highest BCUT2D eigenvalue weighted by molar-refractivity contribution is 8.68. The van der Waals surface area contributed by atoms with Crippen molar-refractivity contribution in [1.29, 1.82) is 0 Å². The summed E-state index contributed by atoms with van der Waals surface area (Å²) >= 11 is 4.21. The molecule has 1 rings (SSSR count). The van der Waals surface area contributed by atoms with E-state index in [9.17, 15) is 0 Å². The minimum atomic E-state index is 0.498. The fraction of sp³-hybridized carbons (Fsp3) is 0.667. The van der Waals surface area contributed by atoms with Crippen molar-refractivity contribution in [3.05, 3.63) is 11.8 Å². The molecule has 1 heterocycles. The van der Waals surface area contributed by atoms with Crippen molar-refractivity contribution in [3.8, 4) is 0 Å². The Morgan fingerprint density at radius 2 is 2.31 bits per heavy atom. The zero-order valence-electron chi connectivity index (χ0n) is 8.32. The van der Waals surface area contributed by atoms with E-state index in [4.69, 9.17) is 0 Å². The zero-order valence-corrected chi connectivity index (χ0v) is 10.0. The van der Waals surface area contributed by atoms with Crippen molar-refractivity contribution in [2.24, 2.45) is 0 Å². The van der Waals surface area contributed by atoms with Crippen LogP contribution >= 0.6 is 22.5 Å². The summed E-state index contributed by atoms with van der Waals surface area (Å²) in [7, 11) is 1.47. The van der Waals surface area contributed by atoms with Gasteiger partial charge < -0.3 is 0 Å². The fourth-order valence-electron chi connectivity index (χ4n) is 1.15. The maximum absolute atomic E-state index is 4.52. The van der Waals surface area contributed by atoms with Gasteiger partial charge in [-0.3, -0.25) is 4.68 Å². The Morgan fingerprint density at radius 3 is 2.77 bits per heavy atom. The van der Waals surface area contributed by atoms with Crippen LogP contribution in [0, 0.1) is 0 Å².